The molecule has 0 aliphatic rings. The van der Waals surface area contributed by atoms with Gasteiger partial charge in [-0.05, 0) is 49.9 Å². The molecule has 0 saturated carbocycles. The third-order valence-electron chi connectivity index (χ3n) is 4.19. The summed E-state index contributed by atoms with van der Waals surface area (Å²) in [5.74, 6) is -0.632. The van der Waals surface area contributed by atoms with Gasteiger partial charge >= 0.3 is 0 Å². The van der Waals surface area contributed by atoms with Gasteiger partial charge in [-0.3, -0.25) is 14.4 Å². The Bertz CT molecular complexity index is 744. The zero-order valence-electron chi connectivity index (χ0n) is 16.3. The van der Waals surface area contributed by atoms with E-state index in [-0.39, 0.29) is 35.7 Å². The molecule has 0 fully saturated rings. The molecule has 0 unspecified atom stereocenters. The monoisotopic (exact) mass is 389 g/mol. The maximum Gasteiger partial charge on any atom is 0.255 e. The molecule has 0 spiro atoms. The number of benzene rings is 1. The van der Waals surface area contributed by atoms with Crippen molar-refractivity contribution in [1.29, 1.82) is 0 Å². The number of Topliss-reactive ketones (excluding diaryl/α,β-unsaturated/α-hetero) is 1. The van der Waals surface area contributed by atoms with Crippen molar-refractivity contribution in [2.45, 2.75) is 39.5 Å². The van der Waals surface area contributed by atoms with Crippen molar-refractivity contribution in [3.8, 4) is 5.75 Å². The van der Waals surface area contributed by atoms with Crippen LogP contribution in [0.3, 0.4) is 0 Å². The second-order valence-electron chi connectivity index (χ2n) is 6.48. The highest BCUT2D eigenvalue weighted by Crippen LogP contribution is 2.21. The van der Waals surface area contributed by atoms with Gasteiger partial charge in [0.15, 0.2) is 5.78 Å². The maximum absolute atomic E-state index is 12.5. The van der Waals surface area contributed by atoms with Crippen molar-refractivity contribution in [2.75, 3.05) is 19.7 Å². The van der Waals surface area contributed by atoms with E-state index < -0.39 is 0 Å². The van der Waals surface area contributed by atoms with E-state index in [4.69, 9.17) is 16.0 Å². The van der Waals surface area contributed by atoms with Crippen LogP contribution in [0.15, 0.2) is 23.3 Å². The molecule has 0 aliphatic carbocycles. The lowest BCUT2D eigenvalue weighted by atomic mass is 10.0. The van der Waals surface area contributed by atoms with Crippen molar-refractivity contribution in [3.63, 3.8) is 0 Å². The van der Waals surface area contributed by atoms with E-state index in [1.54, 1.807) is 19.1 Å². The number of nitrogens with zero attached hydrogens (tertiary/aromatic N) is 3. The number of carbonyl (C=O) groups is 3. The number of ketones is 1. The summed E-state index contributed by atoms with van der Waals surface area (Å²) in [6.45, 7) is 4.22. The summed E-state index contributed by atoms with van der Waals surface area (Å²) >= 11 is 0. The summed E-state index contributed by atoms with van der Waals surface area (Å²) < 4.78 is 5.62. The molecule has 1 rings (SSSR count). The predicted octanol–water partition coefficient (Wildman–Crippen LogP) is 2.99. The molecule has 3 N–H and O–H groups in total. The fraction of sp³-hybridized carbons (Fsp3) is 0.526. The van der Waals surface area contributed by atoms with Crippen LogP contribution in [0.4, 0.5) is 0 Å². The van der Waals surface area contributed by atoms with E-state index >= 15 is 0 Å². The van der Waals surface area contributed by atoms with Gasteiger partial charge in [0.25, 0.3) is 5.91 Å². The average Bonchev–Trinajstić information content (AvgIpc) is 2.67. The molecule has 9 heteroatoms. The third kappa shape index (κ3) is 8.09. The molecule has 1 aromatic rings. The van der Waals surface area contributed by atoms with Crippen LogP contribution in [0, 0.1) is 5.92 Å². The van der Waals surface area contributed by atoms with E-state index in [1.807, 2.05) is 0 Å². The average molecular weight is 389 g/mol. The summed E-state index contributed by atoms with van der Waals surface area (Å²) in [5, 5.41) is 6.23. The first-order chi connectivity index (χ1) is 13.4. The number of unbranched alkanes of at least 4 members (excludes halogenated alkanes) is 1. The van der Waals surface area contributed by atoms with Crippen LogP contribution >= 0.6 is 0 Å². The fourth-order valence-electron chi connectivity index (χ4n) is 2.43. The molecule has 0 aromatic heterocycles. The highest BCUT2D eigenvalue weighted by Gasteiger charge is 2.15. The molecule has 1 atom stereocenters. The number of amides is 2. The smallest absolute Gasteiger partial charge is 0.255 e. The molecule has 28 heavy (non-hydrogen) atoms. The Balaban J connectivity index is 2.66. The summed E-state index contributed by atoms with van der Waals surface area (Å²) in [6.07, 6.45) is 2.65. The van der Waals surface area contributed by atoms with E-state index in [0.29, 0.717) is 43.7 Å². The van der Waals surface area contributed by atoms with Gasteiger partial charge in [0, 0.05) is 29.5 Å². The molecule has 2 amide bonds. The molecular formula is C19H27N5O4. The highest BCUT2D eigenvalue weighted by atomic mass is 16.5. The summed E-state index contributed by atoms with van der Waals surface area (Å²) in [4.78, 5) is 37.8. The first-order valence-corrected chi connectivity index (χ1v) is 9.23. The van der Waals surface area contributed by atoms with Crippen LogP contribution in [-0.4, -0.2) is 37.3 Å². The van der Waals surface area contributed by atoms with Gasteiger partial charge in [-0.1, -0.05) is 18.5 Å². The molecule has 0 heterocycles. The Morgan fingerprint density at radius 2 is 2.04 bits per heavy atom. The molecule has 0 aliphatic heterocycles. The first-order valence-electron chi connectivity index (χ1n) is 9.23. The van der Waals surface area contributed by atoms with Crippen LogP contribution < -0.4 is 15.8 Å². The van der Waals surface area contributed by atoms with Gasteiger partial charge < -0.3 is 15.8 Å². The van der Waals surface area contributed by atoms with Crippen LogP contribution in [0.25, 0.3) is 10.4 Å². The second-order valence-corrected chi connectivity index (χ2v) is 6.48. The maximum atomic E-state index is 12.5. The Labute approximate surface area is 164 Å². The Morgan fingerprint density at radius 3 is 2.68 bits per heavy atom. The SMILES string of the molecule is CC(=O)c1ccc(OCCCN=[N+]=[N-])c(C(=O)NCCCC[C@H](C)C(N)=O)c1. The van der Waals surface area contributed by atoms with E-state index in [9.17, 15) is 14.4 Å². The molecule has 0 bridgehead atoms. The molecule has 0 radical (unpaired) electrons. The lowest BCUT2D eigenvalue weighted by molar-refractivity contribution is -0.121. The minimum Gasteiger partial charge on any atom is -0.493 e. The number of rotatable bonds is 13. The van der Waals surface area contributed by atoms with Crippen molar-refractivity contribution in [1.82, 2.24) is 5.32 Å². The standard InChI is InChI=1S/C19H27N5O4/c1-13(18(20)26)6-3-4-9-22-19(27)16-12-15(14(2)25)7-8-17(16)28-11-5-10-23-24-21/h7-8,12-13H,3-6,9-11H2,1-2H3,(H2,20,26)(H,22,27)/t13-/m0/s1. The van der Waals surface area contributed by atoms with Crippen molar-refractivity contribution >= 4 is 17.6 Å². The molecule has 9 nitrogen and oxygen atoms in total. The minimum atomic E-state index is -0.337. The second kappa shape index (κ2) is 12.3. The number of hydrogen-bond acceptors (Lipinski definition) is 5. The van der Waals surface area contributed by atoms with Gasteiger partial charge in [0.1, 0.15) is 5.75 Å². The Hall–Kier alpha value is -3.06. The number of azide groups is 1. The number of hydrogen-bond donors (Lipinski definition) is 2. The first kappa shape index (κ1) is 23.0. The van der Waals surface area contributed by atoms with Crippen LogP contribution in [0.1, 0.15) is 60.2 Å². The van der Waals surface area contributed by atoms with Crippen LogP contribution in [0.5, 0.6) is 5.75 Å². The minimum absolute atomic E-state index is 0.149. The molecule has 0 saturated heterocycles. The number of nitrogens with two attached hydrogens (primary N) is 1. The number of primary amides is 1. The number of carbonyl (C=O) groups excluding carboxylic acids is 3. The lowest BCUT2D eigenvalue weighted by Gasteiger charge is -2.13. The Morgan fingerprint density at radius 1 is 1.29 bits per heavy atom. The summed E-state index contributed by atoms with van der Waals surface area (Å²) in [6, 6.07) is 4.70. The van der Waals surface area contributed by atoms with Crippen LogP contribution in [-0.2, 0) is 4.79 Å². The van der Waals surface area contributed by atoms with Crippen molar-refractivity contribution < 1.29 is 19.1 Å². The third-order valence-corrected chi connectivity index (χ3v) is 4.19. The topological polar surface area (TPSA) is 147 Å². The fourth-order valence-corrected chi connectivity index (χ4v) is 2.43. The summed E-state index contributed by atoms with van der Waals surface area (Å²) in [5.41, 5.74) is 14.2. The van der Waals surface area contributed by atoms with Gasteiger partial charge in [-0.2, -0.15) is 0 Å². The highest BCUT2D eigenvalue weighted by molar-refractivity contribution is 6.01. The lowest BCUT2D eigenvalue weighted by Crippen LogP contribution is -2.26. The number of nitrogens with one attached hydrogen (secondary N) is 1. The zero-order chi connectivity index (χ0) is 20.9. The number of ether oxygens (including phenoxy) is 1. The Kier molecular flexibility index (Phi) is 10.1. The quantitative estimate of drug-likeness (QED) is 0.175. The predicted molar refractivity (Wildman–Crippen MR) is 105 cm³/mol. The van der Waals surface area contributed by atoms with Gasteiger partial charge in [0.2, 0.25) is 5.91 Å². The molecule has 152 valence electrons. The van der Waals surface area contributed by atoms with Crippen molar-refractivity contribution in [2.24, 2.45) is 16.8 Å². The normalized spacial score (nSPS) is 11.2. The zero-order valence-corrected chi connectivity index (χ0v) is 16.3. The molecular weight excluding hydrogens is 362 g/mol. The van der Waals surface area contributed by atoms with E-state index in [1.165, 1.54) is 13.0 Å². The molecule has 1 aromatic carbocycles. The van der Waals surface area contributed by atoms with Gasteiger partial charge in [-0.15, -0.1) is 0 Å². The van der Waals surface area contributed by atoms with E-state index in [2.05, 4.69) is 15.3 Å². The van der Waals surface area contributed by atoms with Gasteiger partial charge in [0.05, 0.1) is 12.2 Å². The van der Waals surface area contributed by atoms with Gasteiger partial charge in [-0.25, -0.2) is 0 Å². The van der Waals surface area contributed by atoms with E-state index in [0.717, 1.165) is 6.42 Å². The van der Waals surface area contributed by atoms with Crippen molar-refractivity contribution in [3.05, 3.63) is 39.8 Å². The largest absolute Gasteiger partial charge is 0.493 e. The van der Waals surface area contributed by atoms with Crippen LogP contribution in [0.2, 0.25) is 0 Å². The summed E-state index contributed by atoms with van der Waals surface area (Å²) in [7, 11) is 0.